The highest BCUT2D eigenvalue weighted by Crippen LogP contribution is 2.22. The molecule has 0 saturated carbocycles. The van der Waals surface area contributed by atoms with Crippen LogP contribution in [0.2, 0.25) is 0 Å². The largest absolute Gasteiger partial charge is 0.318 e. The van der Waals surface area contributed by atoms with Crippen molar-refractivity contribution < 1.29 is 16.8 Å². The van der Waals surface area contributed by atoms with Crippen LogP contribution < -0.4 is 10.0 Å². The molecule has 1 aromatic carbocycles. The van der Waals surface area contributed by atoms with Gasteiger partial charge in [0.15, 0.2) is 0 Å². The second-order valence-corrected chi connectivity index (χ2v) is 8.79. The van der Waals surface area contributed by atoms with Crippen molar-refractivity contribution >= 4 is 20.0 Å². The number of likely N-dealkylation sites (N-methyl/N-ethyl adjacent to an activating group) is 1. The number of nitrogens with one attached hydrogen (secondary N) is 2. The molecule has 1 fully saturated rings. The van der Waals surface area contributed by atoms with Gasteiger partial charge in [-0.3, -0.25) is 0 Å². The molecule has 1 aromatic rings. The first-order chi connectivity index (χ1) is 10.4. The molecule has 0 aromatic heterocycles. The van der Waals surface area contributed by atoms with Crippen LogP contribution in [0, 0.1) is 0 Å². The lowest BCUT2D eigenvalue weighted by Gasteiger charge is -2.16. The van der Waals surface area contributed by atoms with E-state index in [4.69, 9.17) is 0 Å². The highest BCUT2D eigenvalue weighted by molar-refractivity contribution is 7.90. The third-order valence-corrected chi connectivity index (χ3v) is 6.84. The molecule has 2 rings (SSSR count). The Morgan fingerprint density at radius 2 is 1.68 bits per heavy atom. The molecule has 9 heteroatoms. The first kappa shape index (κ1) is 17.4. The van der Waals surface area contributed by atoms with E-state index in [1.54, 1.807) is 7.05 Å². The van der Waals surface area contributed by atoms with E-state index in [1.165, 1.54) is 28.6 Å². The predicted molar refractivity (Wildman–Crippen MR) is 83.6 cm³/mol. The predicted octanol–water partition coefficient (Wildman–Crippen LogP) is -0.0312. The third kappa shape index (κ3) is 3.85. The summed E-state index contributed by atoms with van der Waals surface area (Å²) in [6.45, 7) is 1.70. The molecule has 1 aliphatic heterocycles. The average molecular weight is 347 g/mol. The molecule has 0 unspecified atom stereocenters. The van der Waals surface area contributed by atoms with Gasteiger partial charge in [-0.25, -0.2) is 21.6 Å². The quantitative estimate of drug-likeness (QED) is 0.675. The zero-order chi connectivity index (χ0) is 16.2. The van der Waals surface area contributed by atoms with Gasteiger partial charge in [-0.1, -0.05) is 6.07 Å². The van der Waals surface area contributed by atoms with E-state index in [0.29, 0.717) is 19.6 Å². The van der Waals surface area contributed by atoms with E-state index in [2.05, 4.69) is 10.0 Å². The van der Waals surface area contributed by atoms with Crippen molar-refractivity contribution in [1.82, 2.24) is 14.3 Å². The first-order valence-corrected chi connectivity index (χ1v) is 10.0. The monoisotopic (exact) mass is 347 g/mol. The second-order valence-electron chi connectivity index (χ2n) is 5.09. The molecule has 7 nitrogen and oxygen atoms in total. The normalized spacial score (nSPS) is 17.0. The van der Waals surface area contributed by atoms with Gasteiger partial charge in [0, 0.05) is 26.2 Å². The Morgan fingerprint density at radius 1 is 1.05 bits per heavy atom. The van der Waals surface area contributed by atoms with E-state index >= 15 is 0 Å². The maximum atomic E-state index is 12.5. The molecule has 0 aliphatic carbocycles. The third-order valence-electron chi connectivity index (χ3n) is 3.49. The van der Waals surface area contributed by atoms with Gasteiger partial charge in [-0.15, -0.1) is 0 Å². The number of benzene rings is 1. The summed E-state index contributed by atoms with van der Waals surface area (Å²) in [4.78, 5) is -0.0187. The van der Waals surface area contributed by atoms with Crippen molar-refractivity contribution in [2.24, 2.45) is 0 Å². The van der Waals surface area contributed by atoms with Gasteiger partial charge in [0.05, 0.1) is 9.79 Å². The lowest BCUT2D eigenvalue weighted by molar-refractivity contribution is 0.477. The van der Waals surface area contributed by atoms with Gasteiger partial charge in [-0.05, 0) is 38.1 Å². The van der Waals surface area contributed by atoms with E-state index < -0.39 is 20.0 Å². The summed E-state index contributed by atoms with van der Waals surface area (Å²) in [6.07, 6.45) is 1.67. The summed E-state index contributed by atoms with van der Waals surface area (Å²) >= 11 is 0. The Hall–Kier alpha value is -1.00. The van der Waals surface area contributed by atoms with Crippen LogP contribution in [-0.2, 0) is 20.0 Å². The minimum atomic E-state index is -3.71. The van der Waals surface area contributed by atoms with E-state index in [9.17, 15) is 16.8 Å². The zero-order valence-electron chi connectivity index (χ0n) is 12.4. The molecule has 1 heterocycles. The van der Waals surface area contributed by atoms with Crippen molar-refractivity contribution in [2.75, 3.05) is 33.2 Å². The average Bonchev–Trinajstić information content (AvgIpc) is 3.02. The van der Waals surface area contributed by atoms with Gasteiger partial charge in [0.25, 0.3) is 0 Å². The molecule has 22 heavy (non-hydrogen) atoms. The lowest BCUT2D eigenvalue weighted by atomic mass is 10.4. The fourth-order valence-corrected chi connectivity index (χ4v) is 4.99. The van der Waals surface area contributed by atoms with Gasteiger partial charge in [-0.2, -0.15) is 4.31 Å². The fourth-order valence-electron chi connectivity index (χ4n) is 2.27. The van der Waals surface area contributed by atoms with Gasteiger partial charge in [0.1, 0.15) is 0 Å². The van der Waals surface area contributed by atoms with Gasteiger partial charge >= 0.3 is 0 Å². The molecule has 0 bridgehead atoms. The molecule has 0 radical (unpaired) electrons. The highest BCUT2D eigenvalue weighted by Gasteiger charge is 2.28. The summed E-state index contributed by atoms with van der Waals surface area (Å²) in [5.74, 6) is 0. The van der Waals surface area contributed by atoms with Crippen LogP contribution in [0.25, 0.3) is 0 Å². The summed E-state index contributed by atoms with van der Waals surface area (Å²) in [6, 6.07) is 5.50. The van der Waals surface area contributed by atoms with Crippen LogP contribution in [0.5, 0.6) is 0 Å². The Kier molecular flexibility index (Phi) is 5.56. The summed E-state index contributed by atoms with van der Waals surface area (Å²) < 4.78 is 53.1. The number of hydrogen-bond acceptors (Lipinski definition) is 5. The molecule has 2 N–H and O–H groups in total. The van der Waals surface area contributed by atoms with Crippen molar-refractivity contribution in [2.45, 2.75) is 22.6 Å². The van der Waals surface area contributed by atoms with Crippen molar-refractivity contribution in [3.8, 4) is 0 Å². The number of rotatable bonds is 7. The minimum absolute atomic E-state index is 0.0193. The van der Waals surface area contributed by atoms with Crippen LogP contribution in [0.1, 0.15) is 12.8 Å². The maximum Gasteiger partial charge on any atom is 0.243 e. The van der Waals surface area contributed by atoms with Crippen LogP contribution in [-0.4, -0.2) is 54.4 Å². The van der Waals surface area contributed by atoms with Crippen molar-refractivity contribution in [3.63, 3.8) is 0 Å². The Morgan fingerprint density at radius 3 is 2.32 bits per heavy atom. The maximum absolute atomic E-state index is 12.5. The molecule has 0 spiro atoms. The van der Waals surface area contributed by atoms with E-state index in [-0.39, 0.29) is 16.3 Å². The minimum Gasteiger partial charge on any atom is -0.318 e. The van der Waals surface area contributed by atoms with Gasteiger partial charge < -0.3 is 5.32 Å². The number of sulfonamides is 2. The van der Waals surface area contributed by atoms with E-state index in [0.717, 1.165) is 12.8 Å². The molecule has 0 amide bonds. The Labute approximate surface area is 131 Å². The van der Waals surface area contributed by atoms with Crippen LogP contribution in [0.3, 0.4) is 0 Å². The topological polar surface area (TPSA) is 95.6 Å². The van der Waals surface area contributed by atoms with Crippen LogP contribution in [0.4, 0.5) is 0 Å². The molecule has 1 saturated heterocycles. The van der Waals surface area contributed by atoms with E-state index in [1.807, 2.05) is 0 Å². The zero-order valence-corrected chi connectivity index (χ0v) is 14.1. The van der Waals surface area contributed by atoms with Crippen LogP contribution in [0.15, 0.2) is 34.1 Å². The molecule has 124 valence electrons. The van der Waals surface area contributed by atoms with Gasteiger partial charge in [0.2, 0.25) is 20.0 Å². The Bertz CT molecular complexity index is 711. The Balaban J connectivity index is 2.26. The molecule has 0 atom stereocenters. The molecular formula is C13H21N3O4S2. The van der Waals surface area contributed by atoms with Crippen molar-refractivity contribution in [3.05, 3.63) is 24.3 Å². The smallest absolute Gasteiger partial charge is 0.243 e. The summed E-state index contributed by atoms with van der Waals surface area (Å²) in [7, 11) is -5.61. The van der Waals surface area contributed by atoms with Crippen molar-refractivity contribution in [1.29, 1.82) is 0 Å². The number of hydrogen-bond donors (Lipinski definition) is 2. The molecule has 1 aliphatic rings. The standard InChI is InChI=1S/C13H21N3O4S2/c1-14-7-8-15-21(17,18)12-5-4-6-13(11-12)22(19,20)16-9-2-3-10-16/h4-6,11,14-15H,2-3,7-10H2,1H3. The summed E-state index contributed by atoms with van der Waals surface area (Å²) in [5, 5.41) is 2.83. The SMILES string of the molecule is CNCCNS(=O)(=O)c1cccc(S(=O)(=O)N2CCCC2)c1. The second kappa shape index (κ2) is 7.05. The molecular weight excluding hydrogens is 326 g/mol. The first-order valence-electron chi connectivity index (χ1n) is 7.12. The highest BCUT2D eigenvalue weighted by atomic mass is 32.2. The summed E-state index contributed by atoms with van der Waals surface area (Å²) in [5.41, 5.74) is 0. The number of nitrogens with zero attached hydrogens (tertiary/aromatic N) is 1. The van der Waals surface area contributed by atoms with Crippen LogP contribution >= 0.6 is 0 Å². The fraction of sp³-hybridized carbons (Fsp3) is 0.538. The lowest BCUT2D eigenvalue weighted by Crippen LogP contribution is -2.31.